The van der Waals surface area contributed by atoms with Crippen LogP contribution < -0.4 is 9.64 Å². The van der Waals surface area contributed by atoms with Crippen LogP contribution in [0.2, 0.25) is 0 Å². The summed E-state index contributed by atoms with van der Waals surface area (Å²) in [7, 11) is 2.11. The van der Waals surface area contributed by atoms with Crippen molar-refractivity contribution in [2.45, 2.75) is 25.0 Å². The average molecular weight is 348 g/mol. The van der Waals surface area contributed by atoms with E-state index in [0.29, 0.717) is 16.8 Å². The number of nitriles is 1. The SMILES string of the molecule is CN1CCC(Oc2ccc3c(c2)C(C#N)N(c2cccnc2)C3=O)CC1. The molecule has 1 atom stereocenters. The van der Waals surface area contributed by atoms with Gasteiger partial charge in [0.05, 0.1) is 18.0 Å². The van der Waals surface area contributed by atoms with E-state index in [9.17, 15) is 10.1 Å². The van der Waals surface area contributed by atoms with Crippen LogP contribution in [0.3, 0.4) is 0 Å². The van der Waals surface area contributed by atoms with E-state index >= 15 is 0 Å². The number of ether oxygens (including phenoxy) is 1. The van der Waals surface area contributed by atoms with Crippen LogP contribution >= 0.6 is 0 Å². The van der Waals surface area contributed by atoms with Crippen LogP contribution in [0.4, 0.5) is 5.69 Å². The van der Waals surface area contributed by atoms with E-state index in [0.717, 1.165) is 31.7 Å². The van der Waals surface area contributed by atoms with Crippen LogP contribution in [-0.2, 0) is 0 Å². The molecule has 2 aliphatic heterocycles. The van der Waals surface area contributed by atoms with Crippen molar-refractivity contribution < 1.29 is 9.53 Å². The predicted molar refractivity (Wildman–Crippen MR) is 97.0 cm³/mol. The van der Waals surface area contributed by atoms with E-state index in [4.69, 9.17) is 4.74 Å². The van der Waals surface area contributed by atoms with Gasteiger partial charge in [-0.25, -0.2) is 0 Å². The molecule has 26 heavy (non-hydrogen) atoms. The van der Waals surface area contributed by atoms with Gasteiger partial charge < -0.3 is 9.64 Å². The van der Waals surface area contributed by atoms with Gasteiger partial charge in [0.2, 0.25) is 0 Å². The summed E-state index contributed by atoms with van der Waals surface area (Å²) >= 11 is 0. The molecule has 1 saturated heterocycles. The number of aromatic nitrogens is 1. The van der Waals surface area contributed by atoms with Crippen LogP contribution in [0, 0.1) is 11.3 Å². The van der Waals surface area contributed by atoms with Gasteiger partial charge in [-0.05, 0) is 50.2 Å². The van der Waals surface area contributed by atoms with Crippen LogP contribution in [0.1, 0.15) is 34.8 Å². The summed E-state index contributed by atoms with van der Waals surface area (Å²) in [5.41, 5.74) is 1.88. The number of hydrogen-bond acceptors (Lipinski definition) is 5. The van der Waals surface area contributed by atoms with E-state index in [1.54, 1.807) is 30.6 Å². The lowest BCUT2D eigenvalue weighted by Crippen LogP contribution is -2.35. The largest absolute Gasteiger partial charge is 0.490 e. The lowest BCUT2D eigenvalue weighted by molar-refractivity contribution is 0.0994. The van der Waals surface area contributed by atoms with Crippen molar-refractivity contribution in [3.63, 3.8) is 0 Å². The van der Waals surface area contributed by atoms with Crippen molar-refractivity contribution in [3.8, 4) is 11.8 Å². The minimum Gasteiger partial charge on any atom is -0.490 e. The summed E-state index contributed by atoms with van der Waals surface area (Å²) in [5, 5.41) is 9.69. The fourth-order valence-electron chi connectivity index (χ4n) is 3.61. The first-order valence-electron chi connectivity index (χ1n) is 8.79. The minimum absolute atomic E-state index is 0.176. The summed E-state index contributed by atoms with van der Waals surface area (Å²) < 4.78 is 6.12. The van der Waals surface area contributed by atoms with Crippen LogP contribution in [-0.4, -0.2) is 42.0 Å². The number of nitrogens with zero attached hydrogens (tertiary/aromatic N) is 4. The third-order valence-corrected chi connectivity index (χ3v) is 5.04. The van der Waals surface area contributed by atoms with E-state index in [2.05, 4.69) is 23.0 Å². The molecule has 0 spiro atoms. The predicted octanol–water partition coefficient (Wildman–Crippen LogP) is 2.78. The number of carbonyl (C=O) groups is 1. The van der Waals surface area contributed by atoms with Gasteiger partial charge in [0, 0.05) is 30.4 Å². The zero-order valence-electron chi connectivity index (χ0n) is 14.6. The molecule has 2 aromatic rings. The number of carbonyl (C=O) groups excluding carboxylic acids is 1. The average Bonchev–Trinajstić information content (AvgIpc) is 2.95. The molecule has 1 amide bonds. The number of fused-ring (bicyclic) bond motifs is 1. The van der Waals surface area contributed by atoms with Gasteiger partial charge in [0.25, 0.3) is 5.91 Å². The quantitative estimate of drug-likeness (QED) is 0.853. The molecule has 2 aliphatic rings. The van der Waals surface area contributed by atoms with Crippen LogP contribution in [0.5, 0.6) is 5.75 Å². The smallest absolute Gasteiger partial charge is 0.260 e. The summed E-state index contributed by atoms with van der Waals surface area (Å²) in [4.78, 5) is 20.7. The number of rotatable bonds is 3. The number of piperidine rings is 1. The van der Waals surface area contributed by atoms with Crippen molar-refractivity contribution in [1.29, 1.82) is 5.26 Å². The van der Waals surface area contributed by atoms with Gasteiger partial charge in [0.1, 0.15) is 11.9 Å². The van der Waals surface area contributed by atoms with Crippen LogP contribution in [0.25, 0.3) is 0 Å². The molecule has 4 rings (SSSR count). The first-order valence-corrected chi connectivity index (χ1v) is 8.79. The first-order chi connectivity index (χ1) is 12.7. The number of amides is 1. The lowest BCUT2D eigenvalue weighted by atomic mass is 10.0. The first kappa shape index (κ1) is 16.6. The third kappa shape index (κ3) is 2.91. The molecule has 1 aromatic heterocycles. The molecule has 0 saturated carbocycles. The van der Waals surface area contributed by atoms with Gasteiger partial charge in [-0.15, -0.1) is 0 Å². The molecular weight excluding hydrogens is 328 g/mol. The number of likely N-dealkylation sites (tertiary alicyclic amines) is 1. The summed E-state index contributed by atoms with van der Waals surface area (Å²) in [6.07, 6.45) is 5.39. The Balaban J connectivity index is 1.61. The lowest BCUT2D eigenvalue weighted by Gasteiger charge is -2.29. The molecule has 6 heteroatoms. The standard InChI is InChI=1S/C20H20N4O2/c1-23-9-6-15(7-10-23)26-16-4-5-17-18(11-16)19(12-21)24(20(17)25)14-3-2-8-22-13-14/h2-5,8,11,13,15,19H,6-7,9-10H2,1H3. The highest BCUT2D eigenvalue weighted by atomic mass is 16.5. The highest BCUT2D eigenvalue weighted by Gasteiger charge is 2.38. The van der Waals surface area contributed by atoms with Gasteiger partial charge in [-0.1, -0.05) is 0 Å². The molecule has 0 radical (unpaired) electrons. The molecule has 1 fully saturated rings. The summed E-state index contributed by atoms with van der Waals surface area (Å²) in [6, 6.07) is 10.6. The fraction of sp³-hybridized carbons (Fsp3) is 0.350. The minimum atomic E-state index is -0.664. The molecule has 1 unspecified atom stereocenters. The summed E-state index contributed by atoms with van der Waals surface area (Å²) in [6.45, 7) is 2.04. The van der Waals surface area contributed by atoms with Gasteiger partial charge in [-0.2, -0.15) is 5.26 Å². The Bertz CT molecular complexity index is 854. The second-order valence-electron chi connectivity index (χ2n) is 6.79. The Morgan fingerprint density at radius 3 is 2.77 bits per heavy atom. The number of benzene rings is 1. The Morgan fingerprint density at radius 2 is 2.08 bits per heavy atom. The Labute approximate surface area is 152 Å². The number of anilines is 1. The van der Waals surface area contributed by atoms with E-state index < -0.39 is 6.04 Å². The van der Waals surface area contributed by atoms with E-state index in [1.807, 2.05) is 12.1 Å². The molecule has 6 nitrogen and oxygen atoms in total. The van der Waals surface area contributed by atoms with Gasteiger partial charge in [0.15, 0.2) is 6.04 Å². The maximum Gasteiger partial charge on any atom is 0.260 e. The third-order valence-electron chi connectivity index (χ3n) is 5.04. The van der Waals surface area contributed by atoms with E-state index in [-0.39, 0.29) is 12.0 Å². The molecule has 1 aromatic carbocycles. The van der Waals surface area contributed by atoms with E-state index in [1.165, 1.54) is 4.90 Å². The van der Waals surface area contributed by atoms with Crippen molar-refractivity contribution in [3.05, 3.63) is 53.9 Å². The van der Waals surface area contributed by atoms with Crippen molar-refractivity contribution >= 4 is 11.6 Å². The van der Waals surface area contributed by atoms with Gasteiger partial charge >= 0.3 is 0 Å². The van der Waals surface area contributed by atoms with Gasteiger partial charge in [-0.3, -0.25) is 14.7 Å². The zero-order chi connectivity index (χ0) is 18.1. The Morgan fingerprint density at radius 1 is 1.27 bits per heavy atom. The molecule has 0 N–H and O–H groups in total. The van der Waals surface area contributed by atoms with Crippen molar-refractivity contribution in [2.24, 2.45) is 0 Å². The maximum atomic E-state index is 12.8. The number of hydrogen-bond donors (Lipinski definition) is 0. The van der Waals surface area contributed by atoms with Crippen molar-refractivity contribution in [2.75, 3.05) is 25.0 Å². The molecule has 0 bridgehead atoms. The van der Waals surface area contributed by atoms with Crippen LogP contribution in [0.15, 0.2) is 42.7 Å². The normalized spacial score (nSPS) is 20.7. The highest BCUT2D eigenvalue weighted by molar-refractivity contribution is 6.11. The van der Waals surface area contributed by atoms with Crippen molar-refractivity contribution in [1.82, 2.24) is 9.88 Å². The molecule has 0 aliphatic carbocycles. The monoisotopic (exact) mass is 348 g/mol. The molecule has 3 heterocycles. The topological polar surface area (TPSA) is 69.5 Å². The highest BCUT2D eigenvalue weighted by Crippen LogP contribution is 2.38. The fourth-order valence-corrected chi connectivity index (χ4v) is 3.61. The second-order valence-corrected chi connectivity index (χ2v) is 6.79. The summed E-state index contributed by atoms with van der Waals surface area (Å²) in [5.74, 6) is 0.546. The number of pyridine rings is 1. The zero-order valence-corrected chi connectivity index (χ0v) is 14.6. The second kappa shape index (κ2) is 6.77. The Kier molecular flexibility index (Phi) is 4.31. The molecule has 132 valence electrons. The maximum absolute atomic E-state index is 12.8. The molecular formula is C20H20N4O2. The Hall–Kier alpha value is -2.91.